The largest absolute Gasteiger partial charge is 0.457 e. The van der Waals surface area contributed by atoms with Crippen LogP contribution in [-0.2, 0) is 4.79 Å². The molecule has 3 aromatic rings. The molecule has 1 fully saturated rings. The Balaban J connectivity index is 1.60. The minimum Gasteiger partial charge on any atom is -0.457 e. The van der Waals surface area contributed by atoms with E-state index in [4.69, 9.17) is 39.2 Å². The van der Waals surface area contributed by atoms with E-state index in [9.17, 15) is 9.59 Å². The molecule has 2 amide bonds. The average molecular weight is 451 g/mol. The van der Waals surface area contributed by atoms with Gasteiger partial charge in [0, 0.05) is 16.7 Å². The quantitative estimate of drug-likeness (QED) is 0.398. The molecule has 0 atom stereocenters. The van der Waals surface area contributed by atoms with E-state index in [2.05, 4.69) is 0 Å². The van der Waals surface area contributed by atoms with Gasteiger partial charge in [-0.05, 0) is 66.4 Å². The molecule has 0 radical (unpaired) electrons. The maximum absolute atomic E-state index is 12.7. The van der Waals surface area contributed by atoms with Crippen molar-refractivity contribution in [3.63, 3.8) is 0 Å². The zero-order valence-corrected chi connectivity index (χ0v) is 17.1. The van der Waals surface area contributed by atoms with Gasteiger partial charge in [0.05, 0.1) is 20.6 Å². The van der Waals surface area contributed by atoms with Gasteiger partial charge in [0.1, 0.15) is 11.5 Å². The molecule has 1 aliphatic heterocycles. The van der Waals surface area contributed by atoms with E-state index >= 15 is 0 Å². The molecular formula is C20H10Cl3NO3S. The van der Waals surface area contributed by atoms with Crippen LogP contribution in [0.5, 0.6) is 0 Å². The summed E-state index contributed by atoms with van der Waals surface area (Å²) in [5, 5.41) is 1.01. The van der Waals surface area contributed by atoms with Crippen LogP contribution in [0.2, 0.25) is 15.1 Å². The number of furan rings is 1. The topological polar surface area (TPSA) is 50.5 Å². The van der Waals surface area contributed by atoms with E-state index in [1.54, 1.807) is 60.7 Å². The lowest BCUT2D eigenvalue weighted by Gasteiger charge is -2.11. The summed E-state index contributed by atoms with van der Waals surface area (Å²) in [5.41, 5.74) is 1.22. The fourth-order valence-electron chi connectivity index (χ4n) is 2.64. The molecule has 2 heterocycles. The molecule has 8 heteroatoms. The number of carbonyl (C=O) groups excluding carboxylic acids is 2. The summed E-state index contributed by atoms with van der Waals surface area (Å²) in [6, 6.07) is 15.1. The third-order valence-electron chi connectivity index (χ3n) is 3.98. The number of amides is 2. The molecule has 1 aliphatic rings. The Hall–Kier alpha value is -2.18. The van der Waals surface area contributed by atoms with Gasteiger partial charge in [0.2, 0.25) is 0 Å². The van der Waals surface area contributed by atoms with Crippen molar-refractivity contribution in [1.29, 1.82) is 0 Å². The van der Waals surface area contributed by atoms with E-state index in [0.29, 0.717) is 32.3 Å². The van der Waals surface area contributed by atoms with Crippen molar-refractivity contribution >= 4 is 69.5 Å². The highest BCUT2D eigenvalue weighted by Crippen LogP contribution is 2.37. The molecule has 0 aliphatic carbocycles. The van der Waals surface area contributed by atoms with E-state index in [1.807, 2.05) is 0 Å². The number of benzene rings is 2. The van der Waals surface area contributed by atoms with Gasteiger partial charge in [0.25, 0.3) is 11.1 Å². The number of rotatable bonds is 3. The maximum Gasteiger partial charge on any atom is 0.298 e. The number of anilines is 1. The summed E-state index contributed by atoms with van der Waals surface area (Å²) >= 11 is 18.7. The number of halogens is 3. The Morgan fingerprint density at radius 1 is 0.893 bits per heavy atom. The second kappa shape index (κ2) is 7.68. The van der Waals surface area contributed by atoms with Crippen molar-refractivity contribution in [1.82, 2.24) is 0 Å². The molecule has 140 valence electrons. The molecule has 28 heavy (non-hydrogen) atoms. The Bertz CT molecular complexity index is 1120. The molecule has 1 saturated heterocycles. The van der Waals surface area contributed by atoms with E-state index in [1.165, 1.54) is 0 Å². The van der Waals surface area contributed by atoms with E-state index < -0.39 is 5.91 Å². The van der Waals surface area contributed by atoms with Crippen molar-refractivity contribution < 1.29 is 14.0 Å². The van der Waals surface area contributed by atoms with Crippen LogP contribution in [0.4, 0.5) is 10.5 Å². The van der Waals surface area contributed by atoms with Crippen molar-refractivity contribution in [3.05, 3.63) is 80.3 Å². The summed E-state index contributed by atoms with van der Waals surface area (Å²) < 4.78 is 5.78. The summed E-state index contributed by atoms with van der Waals surface area (Å²) in [6.45, 7) is 0. The molecular weight excluding hydrogens is 441 g/mol. The van der Waals surface area contributed by atoms with Gasteiger partial charge in [-0.25, -0.2) is 4.90 Å². The first-order chi connectivity index (χ1) is 13.4. The van der Waals surface area contributed by atoms with Crippen LogP contribution in [-0.4, -0.2) is 11.1 Å². The zero-order chi connectivity index (χ0) is 19.8. The molecule has 2 aromatic carbocycles. The lowest BCUT2D eigenvalue weighted by Crippen LogP contribution is -2.27. The Kier molecular flexibility index (Phi) is 5.25. The molecule has 4 rings (SSSR count). The number of carbonyl (C=O) groups is 2. The van der Waals surface area contributed by atoms with Gasteiger partial charge in [0.15, 0.2) is 0 Å². The lowest BCUT2D eigenvalue weighted by atomic mass is 10.2. The van der Waals surface area contributed by atoms with Crippen LogP contribution in [0.25, 0.3) is 17.4 Å². The number of hydrogen-bond acceptors (Lipinski definition) is 4. The molecule has 1 aromatic heterocycles. The molecule has 0 N–H and O–H groups in total. The van der Waals surface area contributed by atoms with Crippen LogP contribution in [0.15, 0.2) is 63.9 Å². The first-order valence-corrected chi connectivity index (χ1v) is 9.96. The Morgan fingerprint density at radius 2 is 1.64 bits per heavy atom. The molecule has 0 spiro atoms. The van der Waals surface area contributed by atoms with Gasteiger partial charge < -0.3 is 4.42 Å². The first-order valence-electron chi connectivity index (χ1n) is 8.01. The highest BCUT2D eigenvalue weighted by Gasteiger charge is 2.36. The van der Waals surface area contributed by atoms with Crippen LogP contribution >= 0.6 is 46.6 Å². The van der Waals surface area contributed by atoms with Gasteiger partial charge in [-0.2, -0.15) is 0 Å². The van der Waals surface area contributed by atoms with E-state index in [-0.39, 0.29) is 10.1 Å². The monoisotopic (exact) mass is 449 g/mol. The number of thioether (sulfide) groups is 1. The van der Waals surface area contributed by atoms with E-state index in [0.717, 1.165) is 22.2 Å². The van der Waals surface area contributed by atoms with Crippen LogP contribution in [0.1, 0.15) is 5.76 Å². The normalized spacial score (nSPS) is 15.7. The summed E-state index contributed by atoms with van der Waals surface area (Å²) in [4.78, 5) is 26.4. The molecule has 4 nitrogen and oxygen atoms in total. The smallest absolute Gasteiger partial charge is 0.298 e. The molecule has 0 bridgehead atoms. The average Bonchev–Trinajstić information content (AvgIpc) is 3.24. The van der Waals surface area contributed by atoms with Crippen LogP contribution in [0.3, 0.4) is 0 Å². The predicted molar refractivity (Wildman–Crippen MR) is 114 cm³/mol. The zero-order valence-electron chi connectivity index (χ0n) is 14.0. The number of imide groups is 1. The lowest BCUT2D eigenvalue weighted by molar-refractivity contribution is -0.113. The summed E-state index contributed by atoms with van der Waals surface area (Å²) in [5.74, 6) is 0.606. The highest BCUT2D eigenvalue weighted by atomic mass is 35.5. The van der Waals surface area contributed by atoms with Crippen molar-refractivity contribution in [3.8, 4) is 11.3 Å². The van der Waals surface area contributed by atoms with Gasteiger partial charge in [-0.15, -0.1) is 0 Å². The van der Waals surface area contributed by atoms with Gasteiger partial charge >= 0.3 is 0 Å². The Labute approximate surface area is 179 Å². The summed E-state index contributed by atoms with van der Waals surface area (Å²) in [6.07, 6.45) is 1.54. The number of nitrogens with zero attached hydrogens (tertiary/aromatic N) is 1. The second-order valence-electron chi connectivity index (χ2n) is 5.82. The van der Waals surface area contributed by atoms with Crippen molar-refractivity contribution in [2.45, 2.75) is 0 Å². The number of hydrogen-bond donors (Lipinski definition) is 0. The van der Waals surface area contributed by atoms with Gasteiger partial charge in [-0.1, -0.05) is 34.8 Å². The first kappa shape index (κ1) is 19.2. The standard InChI is InChI=1S/C20H10Cl3NO3S/c21-12-2-4-13(5-3-12)24-19(25)18(28-20(24)26)10-14-6-8-17(27-14)11-1-7-15(22)16(23)9-11/h1-10H. The van der Waals surface area contributed by atoms with Crippen molar-refractivity contribution in [2.24, 2.45) is 0 Å². The minimum atomic E-state index is -0.412. The molecule has 0 saturated carbocycles. The fraction of sp³-hybridized carbons (Fsp3) is 0. The molecule has 0 unspecified atom stereocenters. The highest BCUT2D eigenvalue weighted by molar-refractivity contribution is 8.19. The minimum absolute atomic E-state index is 0.273. The van der Waals surface area contributed by atoms with Gasteiger partial charge in [-0.3, -0.25) is 9.59 Å². The Morgan fingerprint density at radius 3 is 2.36 bits per heavy atom. The van der Waals surface area contributed by atoms with Crippen LogP contribution < -0.4 is 4.90 Å². The predicted octanol–water partition coefficient (Wildman–Crippen LogP) is 7.15. The van der Waals surface area contributed by atoms with Crippen LogP contribution in [0, 0.1) is 0 Å². The maximum atomic E-state index is 12.7. The third-order valence-corrected chi connectivity index (χ3v) is 5.84. The third kappa shape index (κ3) is 3.71. The second-order valence-corrected chi connectivity index (χ2v) is 8.07. The fourth-order valence-corrected chi connectivity index (χ4v) is 3.89. The SMILES string of the molecule is O=C1SC(=Cc2ccc(-c3ccc(Cl)c(Cl)c3)o2)C(=O)N1c1ccc(Cl)cc1. The summed E-state index contributed by atoms with van der Waals surface area (Å²) in [7, 11) is 0. The van der Waals surface area contributed by atoms with Crippen molar-refractivity contribution in [2.75, 3.05) is 4.90 Å².